The molecule has 0 aliphatic heterocycles. The van der Waals surface area contributed by atoms with Crippen molar-refractivity contribution in [2.24, 2.45) is 0 Å². The molecule has 1 amide bonds. The van der Waals surface area contributed by atoms with Crippen LogP contribution in [0.5, 0.6) is 0 Å². The van der Waals surface area contributed by atoms with Gasteiger partial charge in [-0.1, -0.05) is 12.1 Å². The van der Waals surface area contributed by atoms with Gasteiger partial charge < -0.3 is 11.1 Å². The Morgan fingerprint density at radius 3 is 2.95 bits per heavy atom. The average molecular weight is 289 g/mol. The summed E-state index contributed by atoms with van der Waals surface area (Å²) in [5.74, 6) is -0.180. The van der Waals surface area contributed by atoms with Crippen LogP contribution in [0.15, 0.2) is 29.6 Å². The second-order valence-electron chi connectivity index (χ2n) is 4.82. The molecule has 20 heavy (non-hydrogen) atoms. The van der Waals surface area contributed by atoms with Gasteiger partial charge in [0.2, 0.25) is 5.91 Å². The minimum absolute atomic E-state index is 0.0175. The average Bonchev–Trinajstić information content (AvgIpc) is 2.83. The fourth-order valence-electron chi connectivity index (χ4n) is 1.94. The Morgan fingerprint density at radius 2 is 2.30 bits per heavy atom. The first-order valence-corrected chi connectivity index (χ1v) is 7.48. The first-order chi connectivity index (χ1) is 9.56. The number of rotatable bonds is 5. The highest BCUT2D eigenvalue weighted by molar-refractivity contribution is 7.09. The molecule has 1 aromatic carbocycles. The van der Waals surface area contributed by atoms with Gasteiger partial charge >= 0.3 is 0 Å². The molecule has 0 saturated carbocycles. The number of nitrogens with two attached hydrogens (primary N) is 1. The predicted octanol–water partition coefficient (Wildman–Crippen LogP) is 2.50. The van der Waals surface area contributed by atoms with Gasteiger partial charge in [-0.05, 0) is 31.5 Å². The fourth-order valence-corrected chi connectivity index (χ4v) is 2.72. The van der Waals surface area contributed by atoms with E-state index in [1.54, 1.807) is 11.3 Å². The summed E-state index contributed by atoms with van der Waals surface area (Å²) in [5.41, 5.74) is 8.39. The zero-order chi connectivity index (χ0) is 14.5. The number of aromatic nitrogens is 1. The summed E-state index contributed by atoms with van der Waals surface area (Å²) in [4.78, 5) is 16.5. The quantitative estimate of drug-likeness (QED) is 0.831. The zero-order valence-electron chi connectivity index (χ0n) is 11.7. The van der Waals surface area contributed by atoms with Crippen LogP contribution in [0.1, 0.15) is 29.1 Å². The number of nitrogen functional groups attached to an aromatic ring is 1. The number of hydrogen-bond donors (Lipinski definition) is 2. The van der Waals surface area contributed by atoms with Crippen LogP contribution in [0.4, 0.5) is 5.69 Å². The van der Waals surface area contributed by atoms with E-state index in [4.69, 9.17) is 5.73 Å². The first-order valence-electron chi connectivity index (χ1n) is 6.60. The number of thiazole rings is 1. The Morgan fingerprint density at radius 1 is 1.50 bits per heavy atom. The van der Waals surface area contributed by atoms with Crippen LogP contribution in [0.2, 0.25) is 0 Å². The number of benzene rings is 1. The number of carbonyl (C=O) groups is 1. The third-order valence-electron chi connectivity index (χ3n) is 3.11. The van der Waals surface area contributed by atoms with E-state index in [-0.39, 0.29) is 11.8 Å². The van der Waals surface area contributed by atoms with Crippen LogP contribution < -0.4 is 11.1 Å². The minimum atomic E-state index is -0.198. The van der Waals surface area contributed by atoms with E-state index in [1.165, 1.54) is 0 Å². The zero-order valence-corrected chi connectivity index (χ0v) is 12.5. The first kappa shape index (κ1) is 14.5. The molecule has 0 radical (unpaired) electrons. The normalized spacial score (nSPS) is 12.1. The Balaban J connectivity index is 1.85. The van der Waals surface area contributed by atoms with Crippen molar-refractivity contribution in [1.29, 1.82) is 0 Å². The van der Waals surface area contributed by atoms with Crippen molar-refractivity contribution in [2.45, 2.75) is 26.2 Å². The van der Waals surface area contributed by atoms with Gasteiger partial charge in [-0.25, -0.2) is 4.98 Å². The monoisotopic (exact) mass is 289 g/mol. The van der Waals surface area contributed by atoms with Crippen LogP contribution in [0.3, 0.4) is 0 Å². The molecule has 106 valence electrons. The third-order valence-corrected chi connectivity index (χ3v) is 4.14. The van der Waals surface area contributed by atoms with Crippen LogP contribution in [0.25, 0.3) is 0 Å². The molecular formula is C15H19N3OS. The molecule has 0 fully saturated rings. The van der Waals surface area contributed by atoms with Gasteiger partial charge in [0.05, 0.1) is 10.9 Å². The number of nitrogens with zero attached hydrogens (tertiary/aromatic N) is 1. The molecule has 0 aliphatic rings. The molecule has 0 spiro atoms. The number of hydrogen-bond acceptors (Lipinski definition) is 4. The molecule has 1 unspecified atom stereocenters. The highest BCUT2D eigenvalue weighted by atomic mass is 32.1. The highest BCUT2D eigenvalue weighted by Crippen LogP contribution is 2.17. The lowest BCUT2D eigenvalue weighted by atomic mass is 10.00. The molecule has 2 aromatic rings. The molecule has 0 bridgehead atoms. The molecule has 5 heteroatoms. The van der Waals surface area contributed by atoms with Crippen molar-refractivity contribution in [3.8, 4) is 0 Å². The maximum absolute atomic E-state index is 12.1. The Bertz CT molecular complexity index is 594. The van der Waals surface area contributed by atoms with E-state index in [1.807, 2.05) is 43.5 Å². The Labute approximate surface area is 123 Å². The summed E-state index contributed by atoms with van der Waals surface area (Å²) in [6, 6.07) is 7.45. The van der Waals surface area contributed by atoms with Crippen LogP contribution in [-0.4, -0.2) is 17.4 Å². The van der Waals surface area contributed by atoms with E-state index in [9.17, 15) is 4.79 Å². The van der Waals surface area contributed by atoms with E-state index in [0.29, 0.717) is 12.2 Å². The number of amides is 1. The largest absolute Gasteiger partial charge is 0.399 e. The summed E-state index contributed by atoms with van der Waals surface area (Å²) < 4.78 is 0. The molecule has 1 heterocycles. The van der Waals surface area contributed by atoms with Gasteiger partial charge in [-0.15, -0.1) is 11.3 Å². The number of aryl methyl sites for hydroxylation is 1. The van der Waals surface area contributed by atoms with Gasteiger partial charge in [0, 0.05) is 29.7 Å². The molecule has 0 saturated heterocycles. The number of nitrogens with one attached hydrogen (secondary N) is 1. The Hall–Kier alpha value is -1.88. The Kier molecular flexibility index (Phi) is 4.74. The lowest BCUT2D eigenvalue weighted by Gasteiger charge is -2.12. The number of carbonyl (C=O) groups excluding carboxylic acids is 1. The predicted molar refractivity (Wildman–Crippen MR) is 82.8 cm³/mol. The summed E-state index contributed by atoms with van der Waals surface area (Å²) in [7, 11) is 0. The maximum Gasteiger partial charge on any atom is 0.227 e. The topological polar surface area (TPSA) is 68.0 Å². The molecule has 2 rings (SSSR count). The maximum atomic E-state index is 12.1. The van der Waals surface area contributed by atoms with E-state index in [2.05, 4.69) is 10.3 Å². The van der Waals surface area contributed by atoms with Crippen molar-refractivity contribution in [3.05, 3.63) is 45.9 Å². The van der Waals surface area contributed by atoms with Gasteiger partial charge in [0.1, 0.15) is 0 Å². The summed E-state index contributed by atoms with van der Waals surface area (Å²) in [6.45, 7) is 4.47. The van der Waals surface area contributed by atoms with Crippen molar-refractivity contribution in [1.82, 2.24) is 10.3 Å². The SMILES string of the molecule is Cc1csc(CCNC(=O)C(C)c2cccc(N)c2)n1. The second-order valence-corrected chi connectivity index (χ2v) is 5.76. The smallest absolute Gasteiger partial charge is 0.227 e. The molecule has 0 aliphatic carbocycles. The fraction of sp³-hybridized carbons (Fsp3) is 0.333. The van der Waals surface area contributed by atoms with E-state index in [0.717, 1.165) is 22.7 Å². The minimum Gasteiger partial charge on any atom is -0.399 e. The lowest BCUT2D eigenvalue weighted by Crippen LogP contribution is -2.29. The highest BCUT2D eigenvalue weighted by Gasteiger charge is 2.14. The van der Waals surface area contributed by atoms with Crippen molar-refractivity contribution >= 4 is 22.9 Å². The third kappa shape index (κ3) is 3.81. The van der Waals surface area contributed by atoms with Gasteiger partial charge in [-0.3, -0.25) is 4.79 Å². The van der Waals surface area contributed by atoms with E-state index < -0.39 is 0 Å². The van der Waals surface area contributed by atoms with Crippen molar-refractivity contribution in [2.75, 3.05) is 12.3 Å². The van der Waals surface area contributed by atoms with E-state index >= 15 is 0 Å². The summed E-state index contributed by atoms with van der Waals surface area (Å²) >= 11 is 1.63. The van der Waals surface area contributed by atoms with Gasteiger partial charge in [0.15, 0.2) is 0 Å². The second kappa shape index (κ2) is 6.52. The molecule has 4 nitrogen and oxygen atoms in total. The molecule has 1 aromatic heterocycles. The summed E-state index contributed by atoms with van der Waals surface area (Å²) in [6.07, 6.45) is 0.772. The summed E-state index contributed by atoms with van der Waals surface area (Å²) in [5, 5.41) is 6.02. The van der Waals surface area contributed by atoms with Gasteiger partial charge in [-0.2, -0.15) is 0 Å². The van der Waals surface area contributed by atoms with Crippen molar-refractivity contribution in [3.63, 3.8) is 0 Å². The standard InChI is InChI=1S/C15H19N3OS/c1-10-9-20-14(18-10)6-7-17-15(19)11(2)12-4-3-5-13(16)8-12/h3-5,8-9,11H,6-7,16H2,1-2H3,(H,17,19). The molecule has 3 N–H and O–H groups in total. The molecular weight excluding hydrogens is 270 g/mol. The lowest BCUT2D eigenvalue weighted by molar-refractivity contribution is -0.122. The van der Waals surface area contributed by atoms with Crippen molar-refractivity contribution < 1.29 is 4.79 Å². The van der Waals surface area contributed by atoms with Crippen LogP contribution >= 0.6 is 11.3 Å². The van der Waals surface area contributed by atoms with Crippen LogP contribution in [0, 0.1) is 6.92 Å². The number of anilines is 1. The molecule has 1 atom stereocenters. The van der Waals surface area contributed by atoms with Gasteiger partial charge in [0.25, 0.3) is 0 Å². The van der Waals surface area contributed by atoms with Crippen LogP contribution in [-0.2, 0) is 11.2 Å².